The normalized spacial score (nSPS) is 23.4. The van der Waals surface area contributed by atoms with Crippen molar-refractivity contribution in [3.05, 3.63) is 22.4 Å². The van der Waals surface area contributed by atoms with Crippen LogP contribution in [-0.2, 0) is 9.59 Å². The van der Waals surface area contributed by atoms with Gasteiger partial charge in [0.05, 0.1) is 18.6 Å². The summed E-state index contributed by atoms with van der Waals surface area (Å²) in [6, 6.07) is 3.77. The van der Waals surface area contributed by atoms with Crippen molar-refractivity contribution in [2.75, 3.05) is 0 Å². The molecule has 1 heterocycles. The van der Waals surface area contributed by atoms with Crippen LogP contribution >= 0.6 is 11.3 Å². The maximum atomic E-state index is 11.7. The van der Waals surface area contributed by atoms with E-state index in [2.05, 4.69) is 5.32 Å². The lowest BCUT2D eigenvalue weighted by Crippen LogP contribution is -2.41. The Morgan fingerprint density at radius 1 is 1.42 bits per heavy atom. The van der Waals surface area contributed by atoms with Crippen molar-refractivity contribution in [1.82, 2.24) is 5.32 Å². The van der Waals surface area contributed by atoms with Gasteiger partial charge in [-0.25, -0.2) is 0 Å². The summed E-state index contributed by atoms with van der Waals surface area (Å²) in [5.41, 5.74) is 0. The number of aliphatic hydroxyl groups excluding tert-OH is 1. The minimum atomic E-state index is -0.970. The number of thiophene rings is 1. The second-order valence-corrected chi connectivity index (χ2v) is 5.82. The zero-order chi connectivity index (χ0) is 13.8. The lowest BCUT2D eigenvalue weighted by molar-refractivity contribution is -0.139. The number of carbonyl (C=O) groups is 2. The third-order valence-electron chi connectivity index (χ3n) is 3.35. The lowest BCUT2D eigenvalue weighted by atomic mass is 9.76. The highest BCUT2D eigenvalue weighted by Gasteiger charge is 2.36. The maximum Gasteiger partial charge on any atom is 0.303 e. The van der Waals surface area contributed by atoms with E-state index in [1.807, 2.05) is 17.5 Å². The van der Waals surface area contributed by atoms with Gasteiger partial charge in [0.1, 0.15) is 0 Å². The van der Waals surface area contributed by atoms with Gasteiger partial charge in [-0.3, -0.25) is 9.59 Å². The van der Waals surface area contributed by atoms with Crippen molar-refractivity contribution in [1.29, 1.82) is 0 Å². The molecule has 1 amide bonds. The van der Waals surface area contributed by atoms with Gasteiger partial charge < -0.3 is 15.5 Å². The minimum absolute atomic E-state index is 0.00746. The first kappa shape index (κ1) is 14.0. The van der Waals surface area contributed by atoms with E-state index in [1.165, 1.54) is 0 Å². The summed E-state index contributed by atoms with van der Waals surface area (Å²) in [5.74, 6) is -0.980. The predicted molar refractivity (Wildman–Crippen MR) is 70.8 cm³/mol. The summed E-state index contributed by atoms with van der Waals surface area (Å²) >= 11 is 1.56. The van der Waals surface area contributed by atoms with Crippen LogP contribution in [0.4, 0.5) is 0 Å². The average Bonchev–Trinajstić information content (AvgIpc) is 2.83. The summed E-state index contributed by atoms with van der Waals surface area (Å²) in [6.45, 7) is 0. The molecule has 0 spiro atoms. The highest BCUT2D eigenvalue weighted by atomic mass is 32.1. The van der Waals surface area contributed by atoms with Gasteiger partial charge in [-0.05, 0) is 30.2 Å². The van der Waals surface area contributed by atoms with Gasteiger partial charge >= 0.3 is 5.97 Å². The van der Waals surface area contributed by atoms with E-state index >= 15 is 0 Å². The van der Waals surface area contributed by atoms with Crippen molar-refractivity contribution in [3.8, 4) is 0 Å². The van der Waals surface area contributed by atoms with Crippen LogP contribution in [0.1, 0.15) is 36.6 Å². The van der Waals surface area contributed by atoms with Crippen molar-refractivity contribution < 1.29 is 19.8 Å². The molecule has 1 aromatic rings. The summed E-state index contributed by atoms with van der Waals surface area (Å²) in [5, 5.41) is 22.8. The Bertz CT molecular complexity index is 440. The quantitative estimate of drug-likeness (QED) is 0.739. The second-order valence-electron chi connectivity index (χ2n) is 4.84. The number of amides is 1. The zero-order valence-corrected chi connectivity index (χ0v) is 11.2. The molecule has 6 heteroatoms. The van der Waals surface area contributed by atoms with E-state index < -0.39 is 5.97 Å². The fourth-order valence-electron chi connectivity index (χ4n) is 2.26. The molecular formula is C13H17NO4S. The molecule has 1 aromatic heterocycles. The van der Waals surface area contributed by atoms with E-state index in [0.717, 1.165) is 4.88 Å². The number of nitrogens with one attached hydrogen (secondary N) is 1. The summed E-state index contributed by atoms with van der Waals surface area (Å²) < 4.78 is 0. The number of rotatable bonds is 6. The van der Waals surface area contributed by atoms with Crippen molar-refractivity contribution in [2.24, 2.45) is 5.92 Å². The van der Waals surface area contributed by atoms with E-state index in [4.69, 9.17) is 5.11 Å². The molecule has 0 unspecified atom stereocenters. The molecule has 3 N–H and O–H groups in total. The molecule has 19 heavy (non-hydrogen) atoms. The monoisotopic (exact) mass is 283 g/mol. The molecule has 0 saturated heterocycles. The van der Waals surface area contributed by atoms with Crippen LogP contribution in [0.15, 0.2) is 17.5 Å². The number of aliphatic hydroxyl groups is 1. The Morgan fingerprint density at radius 2 is 2.16 bits per heavy atom. The van der Waals surface area contributed by atoms with Crippen molar-refractivity contribution in [3.63, 3.8) is 0 Å². The number of carbonyl (C=O) groups excluding carboxylic acids is 1. The fraction of sp³-hybridized carbons (Fsp3) is 0.538. The molecule has 0 bridgehead atoms. The molecule has 1 aliphatic carbocycles. The largest absolute Gasteiger partial charge is 0.481 e. The zero-order valence-electron chi connectivity index (χ0n) is 10.4. The molecule has 1 saturated carbocycles. The van der Waals surface area contributed by atoms with E-state index in [0.29, 0.717) is 12.8 Å². The van der Waals surface area contributed by atoms with Crippen LogP contribution in [0.5, 0.6) is 0 Å². The first-order chi connectivity index (χ1) is 9.06. The predicted octanol–water partition coefficient (Wildman–Crippen LogP) is 1.54. The van der Waals surface area contributed by atoms with E-state index in [-0.39, 0.29) is 36.8 Å². The third kappa shape index (κ3) is 3.78. The Kier molecular flexibility index (Phi) is 4.55. The molecule has 1 fully saturated rings. The molecule has 5 nitrogen and oxygen atoms in total. The molecule has 0 radical (unpaired) electrons. The van der Waals surface area contributed by atoms with Crippen molar-refractivity contribution in [2.45, 2.75) is 37.8 Å². The van der Waals surface area contributed by atoms with Gasteiger partial charge in [-0.2, -0.15) is 0 Å². The summed E-state index contributed by atoms with van der Waals surface area (Å²) in [6.07, 6.45) is 0.926. The van der Waals surface area contributed by atoms with E-state index in [1.54, 1.807) is 11.3 Å². The highest BCUT2D eigenvalue weighted by molar-refractivity contribution is 7.10. The Hall–Kier alpha value is -1.40. The topological polar surface area (TPSA) is 86.6 Å². The molecule has 1 aliphatic rings. The Morgan fingerprint density at radius 3 is 2.68 bits per heavy atom. The van der Waals surface area contributed by atoms with Gasteiger partial charge in [-0.1, -0.05) is 6.07 Å². The van der Waals surface area contributed by atoms with Crippen LogP contribution in [0.2, 0.25) is 0 Å². The standard InChI is InChI=1S/C13H17NO4S/c15-9-6-8(7-9)13(10-2-1-5-19-10)14-11(16)3-4-12(17)18/h1-2,5,8-9,13,15H,3-4,6-7H2,(H,14,16)(H,17,18)/t8?,9?,13-/m0/s1. The first-order valence-electron chi connectivity index (χ1n) is 6.29. The van der Waals surface area contributed by atoms with E-state index in [9.17, 15) is 14.7 Å². The number of aliphatic carboxylic acids is 1. The third-order valence-corrected chi connectivity index (χ3v) is 4.31. The lowest BCUT2D eigenvalue weighted by Gasteiger charge is -2.37. The van der Waals surface area contributed by atoms with Crippen LogP contribution in [-0.4, -0.2) is 28.2 Å². The molecule has 0 aromatic carbocycles. The average molecular weight is 283 g/mol. The molecule has 2 rings (SSSR count). The SMILES string of the molecule is O=C(O)CCC(=O)N[C@H](c1cccs1)C1CC(O)C1. The number of carboxylic acids is 1. The van der Waals surface area contributed by atoms with Crippen molar-refractivity contribution >= 4 is 23.2 Å². The molecule has 1 atom stereocenters. The van der Waals surface area contributed by atoms with Crippen LogP contribution in [0, 0.1) is 5.92 Å². The van der Waals surface area contributed by atoms with Crippen LogP contribution in [0.25, 0.3) is 0 Å². The Labute approximate surface area is 115 Å². The number of hydrogen-bond donors (Lipinski definition) is 3. The first-order valence-corrected chi connectivity index (χ1v) is 7.17. The summed E-state index contributed by atoms with van der Waals surface area (Å²) in [7, 11) is 0. The van der Waals surface area contributed by atoms with Crippen LogP contribution in [0.3, 0.4) is 0 Å². The fourth-order valence-corrected chi connectivity index (χ4v) is 3.13. The van der Waals surface area contributed by atoms with Gasteiger partial charge in [-0.15, -0.1) is 11.3 Å². The Balaban J connectivity index is 1.94. The van der Waals surface area contributed by atoms with Gasteiger partial charge in [0.25, 0.3) is 0 Å². The number of carboxylic acid groups (broad SMARTS) is 1. The van der Waals surface area contributed by atoms with Crippen LogP contribution < -0.4 is 5.32 Å². The minimum Gasteiger partial charge on any atom is -0.481 e. The molecule has 104 valence electrons. The maximum absolute atomic E-state index is 11.7. The smallest absolute Gasteiger partial charge is 0.303 e. The second kappa shape index (κ2) is 6.16. The highest BCUT2D eigenvalue weighted by Crippen LogP contribution is 2.39. The molecular weight excluding hydrogens is 266 g/mol. The van der Waals surface area contributed by atoms with Gasteiger partial charge in [0, 0.05) is 11.3 Å². The van der Waals surface area contributed by atoms with Gasteiger partial charge in [0.15, 0.2) is 0 Å². The molecule has 0 aliphatic heterocycles. The summed E-state index contributed by atoms with van der Waals surface area (Å²) in [4.78, 5) is 23.3. The number of hydrogen-bond acceptors (Lipinski definition) is 4. The van der Waals surface area contributed by atoms with Gasteiger partial charge in [0.2, 0.25) is 5.91 Å².